The summed E-state index contributed by atoms with van der Waals surface area (Å²) in [5.41, 5.74) is 0. The molecule has 4 heteroatoms. The summed E-state index contributed by atoms with van der Waals surface area (Å²) >= 11 is 0. The Hall–Kier alpha value is -0.770. The second-order valence-electron chi connectivity index (χ2n) is 5.24. The zero-order valence-corrected chi connectivity index (χ0v) is 11.5. The first kappa shape index (κ1) is 14.3. The predicted molar refractivity (Wildman–Crippen MR) is 71.2 cm³/mol. The smallest absolute Gasteiger partial charge is 0.317 e. The molecule has 0 radical (unpaired) electrons. The van der Waals surface area contributed by atoms with E-state index in [1.807, 2.05) is 4.90 Å². The lowest BCUT2D eigenvalue weighted by atomic mass is 10.1. The van der Waals surface area contributed by atoms with Gasteiger partial charge < -0.3 is 10.2 Å². The zero-order valence-electron chi connectivity index (χ0n) is 11.5. The van der Waals surface area contributed by atoms with Crippen molar-refractivity contribution in [3.63, 3.8) is 0 Å². The van der Waals surface area contributed by atoms with Crippen molar-refractivity contribution in [1.82, 2.24) is 15.1 Å². The van der Waals surface area contributed by atoms with Gasteiger partial charge in [0.05, 0.1) is 0 Å². The first-order valence-electron chi connectivity index (χ1n) is 6.88. The largest absolute Gasteiger partial charge is 0.338 e. The number of urea groups is 1. The molecular formula is C13H27N3O. The third kappa shape index (κ3) is 5.39. The van der Waals surface area contributed by atoms with E-state index >= 15 is 0 Å². The summed E-state index contributed by atoms with van der Waals surface area (Å²) in [6, 6.07) is 0.113. The number of nitrogens with zero attached hydrogens (tertiary/aromatic N) is 2. The van der Waals surface area contributed by atoms with Gasteiger partial charge in [-0.1, -0.05) is 20.8 Å². The molecule has 0 atom stereocenters. The second kappa shape index (κ2) is 7.54. The fraction of sp³-hybridized carbons (Fsp3) is 0.923. The van der Waals surface area contributed by atoms with E-state index in [9.17, 15) is 4.79 Å². The molecule has 1 rings (SSSR count). The van der Waals surface area contributed by atoms with Gasteiger partial charge in [0.25, 0.3) is 0 Å². The average Bonchev–Trinajstić information content (AvgIpc) is 2.30. The summed E-state index contributed by atoms with van der Waals surface area (Å²) in [5.74, 6) is 0.650. The first-order chi connectivity index (χ1) is 8.13. The molecule has 0 aromatic heterocycles. The van der Waals surface area contributed by atoms with Crippen molar-refractivity contribution in [3.05, 3.63) is 0 Å². The molecule has 0 saturated carbocycles. The van der Waals surface area contributed by atoms with Crippen LogP contribution < -0.4 is 5.32 Å². The van der Waals surface area contributed by atoms with Crippen LogP contribution in [0.5, 0.6) is 0 Å². The van der Waals surface area contributed by atoms with E-state index in [1.165, 1.54) is 6.42 Å². The van der Waals surface area contributed by atoms with E-state index < -0.39 is 0 Å². The summed E-state index contributed by atoms with van der Waals surface area (Å²) in [6.07, 6.45) is 2.25. The second-order valence-corrected chi connectivity index (χ2v) is 5.24. The minimum Gasteiger partial charge on any atom is -0.338 e. The number of amides is 2. The van der Waals surface area contributed by atoms with Crippen LogP contribution in [0.2, 0.25) is 0 Å². The van der Waals surface area contributed by atoms with E-state index in [1.54, 1.807) is 0 Å². The maximum Gasteiger partial charge on any atom is 0.317 e. The lowest BCUT2D eigenvalue weighted by molar-refractivity contribution is 0.139. The van der Waals surface area contributed by atoms with E-state index in [2.05, 4.69) is 31.0 Å². The third-order valence-electron chi connectivity index (χ3n) is 3.20. The molecule has 1 saturated heterocycles. The summed E-state index contributed by atoms with van der Waals surface area (Å²) in [5, 5.41) is 3.00. The van der Waals surface area contributed by atoms with Crippen LogP contribution in [0.25, 0.3) is 0 Å². The van der Waals surface area contributed by atoms with E-state index in [0.717, 1.165) is 45.7 Å². The zero-order chi connectivity index (χ0) is 12.7. The first-order valence-corrected chi connectivity index (χ1v) is 6.88. The molecule has 0 aromatic carbocycles. The number of carbonyl (C=O) groups excluding carboxylic acids is 1. The van der Waals surface area contributed by atoms with Gasteiger partial charge in [-0.05, 0) is 25.3 Å². The van der Waals surface area contributed by atoms with Gasteiger partial charge in [-0.3, -0.25) is 4.90 Å². The normalized spacial score (nSPS) is 17.5. The van der Waals surface area contributed by atoms with Crippen LogP contribution in [0, 0.1) is 5.92 Å². The van der Waals surface area contributed by atoms with Crippen molar-refractivity contribution in [2.45, 2.75) is 33.6 Å². The molecule has 1 aliphatic rings. The summed E-state index contributed by atoms with van der Waals surface area (Å²) < 4.78 is 0. The van der Waals surface area contributed by atoms with Gasteiger partial charge in [0.1, 0.15) is 0 Å². The topological polar surface area (TPSA) is 35.6 Å². The quantitative estimate of drug-likeness (QED) is 0.796. The molecule has 1 N–H and O–H groups in total. The highest BCUT2D eigenvalue weighted by Gasteiger charge is 2.19. The van der Waals surface area contributed by atoms with Crippen LogP contribution in [-0.2, 0) is 0 Å². The van der Waals surface area contributed by atoms with Crippen molar-refractivity contribution in [2.75, 3.05) is 39.3 Å². The van der Waals surface area contributed by atoms with Crippen molar-refractivity contribution < 1.29 is 4.79 Å². The van der Waals surface area contributed by atoms with Crippen LogP contribution in [0.1, 0.15) is 33.6 Å². The van der Waals surface area contributed by atoms with Gasteiger partial charge in [0.2, 0.25) is 0 Å². The Bertz CT molecular complexity index is 223. The monoisotopic (exact) mass is 241 g/mol. The Morgan fingerprint density at radius 1 is 1.24 bits per heavy atom. The Morgan fingerprint density at radius 2 is 1.88 bits per heavy atom. The van der Waals surface area contributed by atoms with E-state index in [-0.39, 0.29) is 6.03 Å². The predicted octanol–water partition coefficient (Wildman–Crippen LogP) is 1.77. The van der Waals surface area contributed by atoms with Crippen molar-refractivity contribution in [3.8, 4) is 0 Å². The molecule has 0 unspecified atom stereocenters. The Balaban J connectivity index is 2.17. The van der Waals surface area contributed by atoms with Gasteiger partial charge in [-0.2, -0.15) is 0 Å². The molecule has 100 valence electrons. The minimum absolute atomic E-state index is 0.113. The Labute approximate surface area is 105 Å². The van der Waals surface area contributed by atoms with Crippen LogP contribution in [0.3, 0.4) is 0 Å². The highest BCUT2D eigenvalue weighted by Crippen LogP contribution is 2.03. The van der Waals surface area contributed by atoms with Gasteiger partial charge in [-0.15, -0.1) is 0 Å². The molecule has 2 amide bonds. The number of hydrogen-bond acceptors (Lipinski definition) is 2. The van der Waals surface area contributed by atoms with Crippen LogP contribution in [-0.4, -0.2) is 55.1 Å². The van der Waals surface area contributed by atoms with Crippen LogP contribution >= 0.6 is 0 Å². The maximum absolute atomic E-state index is 11.8. The number of piperazine rings is 1. The standard InChI is InChI=1S/C13H27N3O/c1-4-7-15-8-10-16(11-9-15)13(17)14-6-5-12(2)3/h12H,4-11H2,1-3H3,(H,14,17). The summed E-state index contributed by atoms with van der Waals surface area (Å²) in [4.78, 5) is 16.2. The molecule has 17 heavy (non-hydrogen) atoms. The fourth-order valence-electron chi connectivity index (χ4n) is 2.07. The average molecular weight is 241 g/mol. The van der Waals surface area contributed by atoms with E-state index in [0.29, 0.717) is 5.92 Å². The summed E-state index contributed by atoms with van der Waals surface area (Å²) in [6.45, 7) is 12.3. The lowest BCUT2D eigenvalue weighted by Gasteiger charge is -2.34. The van der Waals surface area contributed by atoms with Crippen LogP contribution in [0.4, 0.5) is 4.79 Å². The number of rotatable bonds is 5. The molecular weight excluding hydrogens is 214 g/mol. The van der Waals surface area contributed by atoms with Gasteiger partial charge in [0.15, 0.2) is 0 Å². The molecule has 4 nitrogen and oxygen atoms in total. The summed E-state index contributed by atoms with van der Waals surface area (Å²) in [7, 11) is 0. The molecule has 1 aliphatic heterocycles. The molecule has 0 spiro atoms. The Morgan fingerprint density at radius 3 is 2.41 bits per heavy atom. The fourth-order valence-corrected chi connectivity index (χ4v) is 2.07. The van der Waals surface area contributed by atoms with Gasteiger partial charge in [-0.25, -0.2) is 4.79 Å². The number of hydrogen-bond donors (Lipinski definition) is 1. The van der Waals surface area contributed by atoms with Crippen molar-refractivity contribution >= 4 is 6.03 Å². The number of nitrogens with one attached hydrogen (secondary N) is 1. The van der Waals surface area contributed by atoms with Crippen molar-refractivity contribution in [2.24, 2.45) is 5.92 Å². The van der Waals surface area contributed by atoms with Gasteiger partial charge >= 0.3 is 6.03 Å². The Kier molecular flexibility index (Phi) is 6.34. The van der Waals surface area contributed by atoms with E-state index in [4.69, 9.17) is 0 Å². The minimum atomic E-state index is 0.113. The maximum atomic E-state index is 11.8. The molecule has 1 fully saturated rings. The van der Waals surface area contributed by atoms with Crippen LogP contribution in [0.15, 0.2) is 0 Å². The highest BCUT2D eigenvalue weighted by atomic mass is 16.2. The molecule has 0 aromatic rings. The number of carbonyl (C=O) groups is 1. The lowest BCUT2D eigenvalue weighted by Crippen LogP contribution is -2.52. The highest BCUT2D eigenvalue weighted by molar-refractivity contribution is 5.74. The molecule has 0 aliphatic carbocycles. The molecule has 0 bridgehead atoms. The third-order valence-corrected chi connectivity index (χ3v) is 3.20. The SMILES string of the molecule is CCCN1CCN(C(=O)NCCC(C)C)CC1. The van der Waals surface area contributed by atoms with Crippen molar-refractivity contribution in [1.29, 1.82) is 0 Å². The molecule has 1 heterocycles. The van der Waals surface area contributed by atoms with Gasteiger partial charge in [0, 0.05) is 32.7 Å².